The van der Waals surface area contributed by atoms with Gasteiger partial charge in [-0.3, -0.25) is 4.79 Å². The van der Waals surface area contributed by atoms with Crippen LogP contribution in [0.2, 0.25) is 0 Å². The average molecular weight is 381 g/mol. The standard InChI is InChI=1S/C21H23N3O4/c1-13(2)19-11-16(22-27-19)18-5-4-10-24(18)21(25)17-12-20(28-23-17)14-6-8-15(26-3)9-7-14/h6-9,11-13,18H,4-5,10H2,1-3H3/t18-/m0/s1. The highest BCUT2D eigenvalue weighted by Gasteiger charge is 2.34. The number of carbonyl (C=O) groups excluding carboxylic acids is 1. The van der Waals surface area contributed by atoms with Gasteiger partial charge < -0.3 is 18.7 Å². The number of ether oxygens (including phenoxy) is 1. The van der Waals surface area contributed by atoms with Crippen molar-refractivity contribution >= 4 is 5.91 Å². The molecule has 7 heteroatoms. The highest BCUT2D eigenvalue weighted by Crippen LogP contribution is 2.34. The van der Waals surface area contributed by atoms with Gasteiger partial charge in [0.1, 0.15) is 17.2 Å². The normalized spacial score (nSPS) is 16.7. The zero-order chi connectivity index (χ0) is 19.7. The molecule has 1 amide bonds. The maximum Gasteiger partial charge on any atom is 0.276 e. The Morgan fingerprint density at radius 1 is 1.18 bits per heavy atom. The third-order valence-electron chi connectivity index (χ3n) is 5.07. The lowest BCUT2D eigenvalue weighted by Gasteiger charge is -2.21. The van der Waals surface area contributed by atoms with Gasteiger partial charge in [0.2, 0.25) is 0 Å². The summed E-state index contributed by atoms with van der Waals surface area (Å²) >= 11 is 0. The number of likely N-dealkylation sites (tertiary alicyclic amines) is 1. The monoisotopic (exact) mass is 381 g/mol. The Kier molecular flexibility index (Phi) is 4.90. The predicted octanol–water partition coefficient (Wildman–Crippen LogP) is 4.44. The van der Waals surface area contributed by atoms with E-state index in [2.05, 4.69) is 24.2 Å². The lowest BCUT2D eigenvalue weighted by molar-refractivity contribution is 0.0720. The van der Waals surface area contributed by atoms with Crippen molar-refractivity contribution in [1.29, 1.82) is 0 Å². The number of carbonyl (C=O) groups is 1. The molecule has 3 heterocycles. The second-order valence-corrected chi connectivity index (χ2v) is 7.27. The number of hydrogen-bond donors (Lipinski definition) is 0. The first-order chi connectivity index (χ1) is 13.6. The fourth-order valence-electron chi connectivity index (χ4n) is 3.46. The van der Waals surface area contributed by atoms with E-state index in [1.165, 1.54) is 0 Å². The van der Waals surface area contributed by atoms with Crippen LogP contribution in [-0.4, -0.2) is 34.8 Å². The van der Waals surface area contributed by atoms with Crippen LogP contribution in [0.25, 0.3) is 11.3 Å². The van der Waals surface area contributed by atoms with E-state index in [9.17, 15) is 4.79 Å². The zero-order valence-electron chi connectivity index (χ0n) is 16.2. The van der Waals surface area contributed by atoms with E-state index in [-0.39, 0.29) is 17.9 Å². The van der Waals surface area contributed by atoms with Crippen molar-refractivity contribution in [2.45, 2.75) is 38.6 Å². The van der Waals surface area contributed by atoms with E-state index >= 15 is 0 Å². The van der Waals surface area contributed by atoms with E-state index in [4.69, 9.17) is 13.8 Å². The summed E-state index contributed by atoms with van der Waals surface area (Å²) in [5, 5.41) is 8.19. The van der Waals surface area contributed by atoms with E-state index in [0.29, 0.717) is 18.0 Å². The number of benzene rings is 1. The van der Waals surface area contributed by atoms with E-state index in [1.54, 1.807) is 18.1 Å². The Hall–Kier alpha value is -3.09. The van der Waals surface area contributed by atoms with Crippen molar-refractivity contribution < 1.29 is 18.6 Å². The van der Waals surface area contributed by atoms with Gasteiger partial charge >= 0.3 is 0 Å². The molecule has 0 N–H and O–H groups in total. The molecule has 7 nitrogen and oxygen atoms in total. The summed E-state index contributed by atoms with van der Waals surface area (Å²) in [5.41, 5.74) is 1.93. The first-order valence-corrected chi connectivity index (χ1v) is 9.45. The molecule has 3 aromatic rings. The quantitative estimate of drug-likeness (QED) is 0.650. The Morgan fingerprint density at radius 3 is 2.64 bits per heavy atom. The number of rotatable bonds is 5. The third kappa shape index (κ3) is 3.40. The largest absolute Gasteiger partial charge is 0.497 e. The van der Waals surface area contributed by atoms with Gasteiger partial charge in [-0.05, 0) is 37.1 Å². The zero-order valence-corrected chi connectivity index (χ0v) is 16.2. The summed E-state index contributed by atoms with van der Waals surface area (Å²) in [7, 11) is 1.62. The molecule has 0 saturated carbocycles. The van der Waals surface area contributed by atoms with Crippen LogP contribution in [-0.2, 0) is 0 Å². The van der Waals surface area contributed by atoms with E-state index < -0.39 is 0 Å². The maximum absolute atomic E-state index is 13.0. The van der Waals surface area contributed by atoms with Crippen LogP contribution in [0.1, 0.15) is 60.6 Å². The minimum atomic E-state index is -0.153. The SMILES string of the molecule is COc1ccc(-c2cc(C(=O)N3CCC[C@H]3c3cc(C(C)C)on3)no2)cc1. The topological polar surface area (TPSA) is 81.6 Å². The van der Waals surface area contributed by atoms with Crippen LogP contribution in [0.15, 0.2) is 45.4 Å². The molecule has 1 atom stereocenters. The predicted molar refractivity (Wildman–Crippen MR) is 102 cm³/mol. The Labute approximate surface area is 163 Å². The van der Waals surface area contributed by atoms with Crippen molar-refractivity contribution in [3.63, 3.8) is 0 Å². The molecule has 0 radical (unpaired) electrons. The molecule has 2 aromatic heterocycles. The first kappa shape index (κ1) is 18.3. The van der Waals surface area contributed by atoms with Gasteiger partial charge in [0, 0.05) is 30.2 Å². The smallest absolute Gasteiger partial charge is 0.276 e. The van der Waals surface area contributed by atoms with Gasteiger partial charge in [-0.2, -0.15) is 0 Å². The second-order valence-electron chi connectivity index (χ2n) is 7.27. The van der Waals surface area contributed by atoms with Crippen LogP contribution >= 0.6 is 0 Å². The molecule has 1 aliphatic heterocycles. The molecule has 4 rings (SSSR count). The summed E-state index contributed by atoms with van der Waals surface area (Å²) in [4.78, 5) is 14.8. The molecule has 0 spiro atoms. The van der Waals surface area contributed by atoms with Crippen LogP contribution in [0.3, 0.4) is 0 Å². The first-order valence-electron chi connectivity index (χ1n) is 9.45. The number of aromatic nitrogens is 2. The summed E-state index contributed by atoms with van der Waals surface area (Å²) in [6.07, 6.45) is 1.78. The Morgan fingerprint density at radius 2 is 1.96 bits per heavy atom. The van der Waals surface area contributed by atoms with Crippen LogP contribution < -0.4 is 4.74 Å². The molecule has 0 unspecified atom stereocenters. The fraction of sp³-hybridized carbons (Fsp3) is 0.381. The molecule has 1 saturated heterocycles. The molecule has 28 heavy (non-hydrogen) atoms. The van der Waals surface area contributed by atoms with Crippen LogP contribution in [0.4, 0.5) is 0 Å². The molecular formula is C21H23N3O4. The summed E-state index contributed by atoms with van der Waals surface area (Å²) in [5.74, 6) is 2.24. The van der Waals surface area contributed by atoms with Gasteiger partial charge in [-0.1, -0.05) is 24.2 Å². The Balaban J connectivity index is 1.54. The van der Waals surface area contributed by atoms with Crippen molar-refractivity contribution in [2.75, 3.05) is 13.7 Å². The minimum Gasteiger partial charge on any atom is -0.497 e. The van der Waals surface area contributed by atoms with Crippen molar-refractivity contribution in [1.82, 2.24) is 15.2 Å². The molecule has 146 valence electrons. The lowest BCUT2D eigenvalue weighted by Crippen LogP contribution is -2.30. The molecule has 1 aromatic carbocycles. The van der Waals surface area contributed by atoms with E-state index in [1.807, 2.05) is 30.3 Å². The number of methoxy groups -OCH3 is 1. The molecule has 1 aliphatic rings. The molecule has 0 bridgehead atoms. The third-order valence-corrected chi connectivity index (χ3v) is 5.07. The van der Waals surface area contributed by atoms with Crippen molar-refractivity contribution in [3.8, 4) is 17.1 Å². The Bertz CT molecular complexity index is 958. The van der Waals surface area contributed by atoms with Gasteiger partial charge in [0.15, 0.2) is 11.5 Å². The molecular weight excluding hydrogens is 358 g/mol. The highest BCUT2D eigenvalue weighted by atomic mass is 16.5. The minimum absolute atomic E-state index is 0.0927. The van der Waals surface area contributed by atoms with Gasteiger partial charge in [0.25, 0.3) is 5.91 Å². The van der Waals surface area contributed by atoms with Crippen LogP contribution in [0, 0.1) is 0 Å². The fourth-order valence-corrected chi connectivity index (χ4v) is 3.46. The number of hydrogen-bond acceptors (Lipinski definition) is 6. The molecule has 0 aliphatic carbocycles. The summed E-state index contributed by atoms with van der Waals surface area (Å²) < 4.78 is 16.0. The lowest BCUT2D eigenvalue weighted by atomic mass is 10.1. The van der Waals surface area contributed by atoms with Gasteiger partial charge in [0.05, 0.1) is 13.2 Å². The van der Waals surface area contributed by atoms with Crippen molar-refractivity contribution in [2.24, 2.45) is 0 Å². The molecule has 1 fully saturated rings. The van der Waals surface area contributed by atoms with Gasteiger partial charge in [-0.15, -0.1) is 0 Å². The highest BCUT2D eigenvalue weighted by molar-refractivity contribution is 5.93. The maximum atomic E-state index is 13.0. The number of amides is 1. The van der Waals surface area contributed by atoms with Crippen LogP contribution in [0.5, 0.6) is 5.75 Å². The summed E-state index contributed by atoms with van der Waals surface area (Å²) in [6, 6.07) is 11.0. The van der Waals surface area contributed by atoms with E-state index in [0.717, 1.165) is 35.6 Å². The average Bonchev–Trinajstić information content (AvgIpc) is 3.47. The summed E-state index contributed by atoms with van der Waals surface area (Å²) in [6.45, 7) is 4.77. The number of nitrogens with zero attached hydrogens (tertiary/aromatic N) is 3. The van der Waals surface area contributed by atoms with Crippen molar-refractivity contribution in [3.05, 3.63) is 53.5 Å². The van der Waals surface area contributed by atoms with Gasteiger partial charge in [-0.25, -0.2) is 0 Å². The second kappa shape index (κ2) is 7.50.